The van der Waals surface area contributed by atoms with Crippen molar-refractivity contribution in [1.29, 1.82) is 0 Å². The zero-order valence-corrected chi connectivity index (χ0v) is 12.2. The molecular formula is C18H20O3. The van der Waals surface area contributed by atoms with E-state index in [1.54, 1.807) is 0 Å². The Hall–Kier alpha value is -2.00. The predicted octanol–water partition coefficient (Wildman–Crippen LogP) is 3.51. The van der Waals surface area contributed by atoms with E-state index in [1.807, 2.05) is 36.4 Å². The van der Waals surface area contributed by atoms with E-state index < -0.39 is 6.10 Å². The molecule has 1 aliphatic heterocycles. The molecule has 1 heterocycles. The highest BCUT2D eigenvalue weighted by Crippen LogP contribution is 2.33. The monoisotopic (exact) mass is 284 g/mol. The number of fused-ring (bicyclic) bond motifs is 1. The summed E-state index contributed by atoms with van der Waals surface area (Å²) < 4.78 is 11.5. The Kier molecular flexibility index (Phi) is 4.11. The summed E-state index contributed by atoms with van der Waals surface area (Å²) in [6.45, 7) is 2.52. The van der Waals surface area contributed by atoms with Gasteiger partial charge in [-0.25, -0.2) is 0 Å². The highest BCUT2D eigenvalue weighted by Gasteiger charge is 2.30. The first-order chi connectivity index (χ1) is 10.3. The minimum Gasteiger partial charge on any atom is -0.489 e. The van der Waals surface area contributed by atoms with Crippen LogP contribution >= 0.6 is 0 Å². The van der Waals surface area contributed by atoms with Crippen molar-refractivity contribution in [3.05, 3.63) is 59.7 Å². The SMILES string of the molecule is CCCc1ccc(OC2COc3ccccc3C2O)cc1. The summed E-state index contributed by atoms with van der Waals surface area (Å²) in [4.78, 5) is 0. The van der Waals surface area contributed by atoms with Crippen LogP contribution in [0.3, 0.4) is 0 Å². The van der Waals surface area contributed by atoms with Crippen molar-refractivity contribution in [2.24, 2.45) is 0 Å². The third-order valence-corrected chi connectivity index (χ3v) is 3.74. The molecule has 3 rings (SSSR count). The van der Waals surface area contributed by atoms with Gasteiger partial charge in [0.1, 0.15) is 24.2 Å². The Balaban J connectivity index is 1.71. The van der Waals surface area contributed by atoms with Crippen molar-refractivity contribution in [1.82, 2.24) is 0 Å². The lowest BCUT2D eigenvalue weighted by Gasteiger charge is -2.30. The second-order valence-electron chi connectivity index (χ2n) is 5.34. The van der Waals surface area contributed by atoms with Crippen LogP contribution in [0, 0.1) is 0 Å². The van der Waals surface area contributed by atoms with Gasteiger partial charge in [-0.1, -0.05) is 43.7 Å². The lowest BCUT2D eigenvalue weighted by atomic mass is 10.0. The van der Waals surface area contributed by atoms with Crippen LogP contribution in [0.4, 0.5) is 0 Å². The standard InChI is InChI=1S/C18H20O3/c1-2-5-13-8-10-14(11-9-13)21-17-12-20-16-7-4-3-6-15(16)18(17)19/h3-4,6-11,17-19H,2,5,12H2,1H3. The fourth-order valence-electron chi connectivity index (χ4n) is 2.62. The van der Waals surface area contributed by atoms with Crippen LogP contribution in [-0.2, 0) is 6.42 Å². The molecular weight excluding hydrogens is 264 g/mol. The van der Waals surface area contributed by atoms with Gasteiger partial charge in [0.2, 0.25) is 0 Å². The third-order valence-electron chi connectivity index (χ3n) is 3.74. The number of benzene rings is 2. The number of hydrogen-bond acceptors (Lipinski definition) is 3. The van der Waals surface area contributed by atoms with Crippen LogP contribution in [0.5, 0.6) is 11.5 Å². The van der Waals surface area contributed by atoms with Gasteiger partial charge in [-0.05, 0) is 30.2 Å². The first-order valence-electron chi connectivity index (χ1n) is 7.43. The van der Waals surface area contributed by atoms with Crippen LogP contribution < -0.4 is 9.47 Å². The molecule has 3 heteroatoms. The minimum atomic E-state index is -0.662. The number of aryl methyl sites for hydroxylation is 1. The average Bonchev–Trinajstić information content (AvgIpc) is 2.52. The maximum atomic E-state index is 10.4. The van der Waals surface area contributed by atoms with Crippen LogP contribution in [0.25, 0.3) is 0 Å². The number of ether oxygens (including phenoxy) is 2. The maximum absolute atomic E-state index is 10.4. The molecule has 0 saturated carbocycles. The topological polar surface area (TPSA) is 38.7 Å². The molecule has 21 heavy (non-hydrogen) atoms. The molecule has 0 radical (unpaired) electrons. The second kappa shape index (κ2) is 6.19. The van der Waals surface area contributed by atoms with Crippen molar-refractivity contribution in [2.75, 3.05) is 6.61 Å². The van der Waals surface area contributed by atoms with Gasteiger partial charge in [-0.15, -0.1) is 0 Å². The Morgan fingerprint density at radius 3 is 2.67 bits per heavy atom. The molecule has 0 aliphatic carbocycles. The molecule has 1 aliphatic rings. The zero-order valence-electron chi connectivity index (χ0n) is 12.2. The van der Waals surface area contributed by atoms with E-state index in [1.165, 1.54) is 5.56 Å². The number of rotatable bonds is 4. The summed E-state index contributed by atoms with van der Waals surface area (Å²) in [5, 5.41) is 10.4. The molecule has 110 valence electrons. The van der Waals surface area contributed by atoms with Crippen LogP contribution in [0.15, 0.2) is 48.5 Å². The second-order valence-corrected chi connectivity index (χ2v) is 5.34. The van der Waals surface area contributed by atoms with Gasteiger partial charge in [0, 0.05) is 5.56 Å². The summed E-state index contributed by atoms with van der Waals surface area (Å²) in [5.74, 6) is 1.50. The Bertz CT molecular complexity index is 592. The molecule has 0 spiro atoms. The van der Waals surface area contributed by atoms with E-state index in [9.17, 15) is 5.11 Å². The van der Waals surface area contributed by atoms with Gasteiger partial charge < -0.3 is 14.6 Å². The first kappa shape index (κ1) is 14.0. The highest BCUT2D eigenvalue weighted by atomic mass is 16.5. The van der Waals surface area contributed by atoms with E-state index in [0.29, 0.717) is 6.61 Å². The van der Waals surface area contributed by atoms with Crippen molar-refractivity contribution in [2.45, 2.75) is 32.0 Å². The highest BCUT2D eigenvalue weighted by molar-refractivity contribution is 5.38. The van der Waals surface area contributed by atoms with Crippen LogP contribution in [-0.4, -0.2) is 17.8 Å². The normalized spacial score (nSPS) is 20.5. The smallest absolute Gasteiger partial charge is 0.163 e. The summed E-state index contributed by atoms with van der Waals surface area (Å²) in [5.41, 5.74) is 2.09. The Morgan fingerprint density at radius 1 is 1.14 bits per heavy atom. The fourth-order valence-corrected chi connectivity index (χ4v) is 2.62. The van der Waals surface area contributed by atoms with Crippen molar-refractivity contribution < 1.29 is 14.6 Å². The van der Waals surface area contributed by atoms with Crippen molar-refractivity contribution in [3.63, 3.8) is 0 Å². The molecule has 0 bridgehead atoms. The molecule has 3 nitrogen and oxygen atoms in total. The molecule has 1 N–H and O–H groups in total. The molecule has 0 fully saturated rings. The Labute approximate surface area is 125 Å². The van der Waals surface area contributed by atoms with Crippen LogP contribution in [0.1, 0.15) is 30.6 Å². The van der Waals surface area contributed by atoms with Gasteiger partial charge in [0.05, 0.1) is 0 Å². The summed E-state index contributed by atoms with van der Waals surface area (Å²) in [7, 11) is 0. The quantitative estimate of drug-likeness (QED) is 0.933. The van der Waals surface area contributed by atoms with Crippen LogP contribution in [0.2, 0.25) is 0 Å². The van der Waals surface area contributed by atoms with Gasteiger partial charge >= 0.3 is 0 Å². The largest absolute Gasteiger partial charge is 0.489 e. The van der Waals surface area contributed by atoms with Crippen molar-refractivity contribution >= 4 is 0 Å². The van der Waals surface area contributed by atoms with E-state index in [2.05, 4.69) is 19.1 Å². The summed E-state index contributed by atoms with van der Waals surface area (Å²) >= 11 is 0. The minimum absolute atomic E-state index is 0.356. The van der Waals surface area contributed by atoms with Crippen molar-refractivity contribution in [3.8, 4) is 11.5 Å². The molecule has 2 aromatic rings. The lowest BCUT2D eigenvalue weighted by Crippen LogP contribution is -2.35. The molecule has 0 saturated heterocycles. The lowest BCUT2D eigenvalue weighted by molar-refractivity contribution is -0.0102. The van der Waals surface area contributed by atoms with E-state index in [-0.39, 0.29) is 6.10 Å². The maximum Gasteiger partial charge on any atom is 0.163 e. The zero-order chi connectivity index (χ0) is 14.7. The van der Waals surface area contributed by atoms with E-state index in [4.69, 9.17) is 9.47 Å². The van der Waals surface area contributed by atoms with Gasteiger partial charge in [-0.3, -0.25) is 0 Å². The van der Waals surface area contributed by atoms with Gasteiger partial charge in [-0.2, -0.15) is 0 Å². The molecule has 2 aromatic carbocycles. The predicted molar refractivity (Wildman–Crippen MR) is 81.7 cm³/mol. The third kappa shape index (κ3) is 3.03. The van der Waals surface area contributed by atoms with E-state index in [0.717, 1.165) is 29.9 Å². The van der Waals surface area contributed by atoms with Gasteiger partial charge in [0.25, 0.3) is 0 Å². The molecule has 0 aromatic heterocycles. The molecule has 0 amide bonds. The van der Waals surface area contributed by atoms with Gasteiger partial charge in [0.15, 0.2) is 6.10 Å². The fraction of sp³-hybridized carbons (Fsp3) is 0.333. The number of aliphatic hydroxyl groups excluding tert-OH is 1. The Morgan fingerprint density at radius 2 is 1.90 bits per heavy atom. The molecule has 2 unspecified atom stereocenters. The summed E-state index contributed by atoms with van der Waals surface area (Å²) in [6, 6.07) is 15.6. The number of hydrogen-bond donors (Lipinski definition) is 1. The number of para-hydroxylation sites is 1. The first-order valence-corrected chi connectivity index (χ1v) is 7.43. The molecule has 2 atom stereocenters. The average molecular weight is 284 g/mol. The van der Waals surface area contributed by atoms with E-state index >= 15 is 0 Å². The number of aliphatic hydroxyl groups is 1. The summed E-state index contributed by atoms with van der Waals surface area (Å²) in [6.07, 6.45) is 1.16.